The monoisotopic (exact) mass is 516 g/mol. The molecular formula is C20H29IN4O2S. The van der Waals surface area contributed by atoms with Crippen molar-refractivity contribution in [3.63, 3.8) is 0 Å². The van der Waals surface area contributed by atoms with Crippen molar-refractivity contribution in [3.8, 4) is 5.75 Å². The molecule has 0 aliphatic carbocycles. The van der Waals surface area contributed by atoms with Crippen LogP contribution in [-0.4, -0.2) is 62.3 Å². The van der Waals surface area contributed by atoms with Crippen molar-refractivity contribution >= 4 is 46.3 Å². The summed E-state index contributed by atoms with van der Waals surface area (Å²) in [5, 5.41) is 17.3. The van der Waals surface area contributed by atoms with E-state index >= 15 is 0 Å². The highest BCUT2D eigenvalue weighted by atomic mass is 127. The Bertz CT molecular complexity index is 734. The van der Waals surface area contributed by atoms with E-state index in [4.69, 9.17) is 4.74 Å². The van der Waals surface area contributed by atoms with Gasteiger partial charge in [0.2, 0.25) is 0 Å². The van der Waals surface area contributed by atoms with Crippen LogP contribution >= 0.6 is 35.3 Å². The summed E-state index contributed by atoms with van der Waals surface area (Å²) in [6, 6.07) is 11.8. The third kappa shape index (κ3) is 5.99. The molecule has 6 nitrogen and oxygen atoms in total. The van der Waals surface area contributed by atoms with Gasteiger partial charge in [-0.2, -0.15) is 0 Å². The number of thiophene rings is 1. The van der Waals surface area contributed by atoms with Crippen molar-refractivity contribution in [1.29, 1.82) is 0 Å². The number of aliphatic hydroxyl groups excluding tert-OH is 1. The van der Waals surface area contributed by atoms with Gasteiger partial charge in [0.15, 0.2) is 5.96 Å². The number of piperazine rings is 1. The van der Waals surface area contributed by atoms with E-state index in [1.165, 1.54) is 5.00 Å². The second kappa shape index (κ2) is 11.5. The molecule has 154 valence electrons. The predicted octanol–water partition coefficient (Wildman–Crippen LogP) is 3.20. The summed E-state index contributed by atoms with van der Waals surface area (Å²) in [6.07, 6.45) is -0.652. The first-order chi connectivity index (χ1) is 13.2. The Balaban J connectivity index is 0.00000280. The summed E-state index contributed by atoms with van der Waals surface area (Å²) in [5.41, 5.74) is 0.816. The predicted molar refractivity (Wildman–Crippen MR) is 127 cm³/mol. The van der Waals surface area contributed by atoms with E-state index in [1.54, 1.807) is 18.4 Å². The number of aliphatic imine (C=N–C) groups is 1. The van der Waals surface area contributed by atoms with Crippen LogP contribution in [0.15, 0.2) is 46.8 Å². The van der Waals surface area contributed by atoms with Gasteiger partial charge in [-0.15, -0.1) is 35.3 Å². The zero-order valence-electron chi connectivity index (χ0n) is 16.4. The fraction of sp³-hybridized carbons (Fsp3) is 0.450. The summed E-state index contributed by atoms with van der Waals surface area (Å²) in [7, 11) is 1.63. The van der Waals surface area contributed by atoms with Gasteiger partial charge in [0.05, 0.1) is 24.8 Å². The third-order valence-corrected chi connectivity index (χ3v) is 5.55. The first-order valence-corrected chi connectivity index (χ1v) is 10.2. The largest absolute Gasteiger partial charge is 0.497 e. The molecule has 1 fully saturated rings. The number of rotatable bonds is 6. The average Bonchev–Trinajstić information content (AvgIpc) is 3.26. The maximum absolute atomic E-state index is 10.5. The van der Waals surface area contributed by atoms with Crippen molar-refractivity contribution < 1.29 is 9.84 Å². The lowest BCUT2D eigenvalue weighted by Crippen LogP contribution is -2.52. The quantitative estimate of drug-likeness (QED) is 0.351. The van der Waals surface area contributed by atoms with E-state index in [9.17, 15) is 5.11 Å². The van der Waals surface area contributed by atoms with Crippen molar-refractivity contribution in [1.82, 2.24) is 10.2 Å². The SMILES string of the molecule is CCNC(=NCC(O)c1cccc(OC)c1)N1CCN(c2cccs2)CC1.I. The van der Waals surface area contributed by atoms with Gasteiger partial charge in [-0.05, 0) is 42.1 Å². The van der Waals surface area contributed by atoms with Crippen LogP contribution in [0.1, 0.15) is 18.6 Å². The van der Waals surface area contributed by atoms with Gasteiger partial charge in [-0.3, -0.25) is 4.99 Å². The molecular weight excluding hydrogens is 487 g/mol. The normalized spacial score (nSPS) is 15.8. The number of halogens is 1. The minimum absolute atomic E-state index is 0. The number of benzene rings is 1. The van der Waals surface area contributed by atoms with Crippen LogP contribution in [0.5, 0.6) is 5.75 Å². The summed E-state index contributed by atoms with van der Waals surface area (Å²) in [5.74, 6) is 1.61. The number of hydrogen-bond acceptors (Lipinski definition) is 5. The smallest absolute Gasteiger partial charge is 0.194 e. The summed E-state index contributed by atoms with van der Waals surface area (Å²) in [4.78, 5) is 9.36. The molecule has 1 atom stereocenters. The van der Waals surface area contributed by atoms with Crippen LogP contribution in [0.4, 0.5) is 5.00 Å². The lowest BCUT2D eigenvalue weighted by Gasteiger charge is -2.37. The van der Waals surface area contributed by atoms with Crippen LogP contribution in [0, 0.1) is 0 Å². The number of anilines is 1. The van der Waals surface area contributed by atoms with Crippen molar-refractivity contribution in [2.45, 2.75) is 13.0 Å². The maximum Gasteiger partial charge on any atom is 0.194 e. The summed E-state index contributed by atoms with van der Waals surface area (Å²) < 4.78 is 5.23. The standard InChI is InChI=1S/C20H28N4O2S.HI/c1-3-21-20(22-15-18(25)16-6-4-7-17(14-16)26-2)24-11-9-23(10-12-24)19-8-5-13-27-19;/h4-8,13-14,18,25H,3,9-12,15H2,1-2H3,(H,21,22);1H. The van der Waals surface area contributed by atoms with Crippen LogP contribution < -0.4 is 15.0 Å². The molecule has 8 heteroatoms. The van der Waals surface area contributed by atoms with Gasteiger partial charge in [0.1, 0.15) is 5.75 Å². The summed E-state index contributed by atoms with van der Waals surface area (Å²) in [6.45, 7) is 6.97. The van der Waals surface area contributed by atoms with E-state index < -0.39 is 6.10 Å². The van der Waals surface area contributed by atoms with Gasteiger partial charge in [-0.1, -0.05) is 12.1 Å². The van der Waals surface area contributed by atoms with E-state index in [0.29, 0.717) is 6.54 Å². The molecule has 2 N–H and O–H groups in total. The number of methoxy groups -OCH3 is 1. The molecule has 1 aliphatic heterocycles. The molecule has 0 radical (unpaired) electrons. The Hall–Kier alpha value is -1.52. The van der Waals surface area contributed by atoms with Crippen LogP contribution in [-0.2, 0) is 0 Å². The first kappa shape index (κ1) is 22.8. The molecule has 1 aromatic heterocycles. The van der Waals surface area contributed by atoms with Gasteiger partial charge in [0, 0.05) is 32.7 Å². The Kier molecular flexibility index (Phi) is 9.33. The van der Waals surface area contributed by atoms with Crippen LogP contribution in [0.3, 0.4) is 0 Å². The van der Waals surface area contributed by atoms with Gasteiger partial charge in [0.25, 0.3) is 0 Å². The Morgan fingerprint density at radius 3 is 2.68 bits per heavy atom. The molecule has 2 heterocycles. The molecule has 1 aliphatic rings. The minimum Gasteiger partial charge on any atom is -0.497 e. The van der Waals surface area contributed by atoms with E-state index in [-0.39, 0.29) is 24.0 Å². The average molecular weight is 516 g/mol. The van der Waals surface area contributed by atoms with Crippen molar-refractivity contribution in [3.05, 3.63) is 47.3 Å². The number of hydrogen-bond donors (Lipinski definition) is 2. The molecule has 0 bridgehead atoms. The fourth-order valence-electron chi connectivity index (χ4n) is 3.14. The Labute approximate surface area is 188 Å². The molecule has 1 aromatic carbocycles. The van der Waals surface area contributed by atoms with E-state index in [2.05, 4.69) is 44.5 Å². The zero-order chi connectivity index (χ0) is 19.1. The van der Waals surface area contributed by atoms with Crippen LogP contribution in [0.25, 0.3) is 0 Å². The highest BCUT2D eigenvalue weighted by Crippen LogP contribution is 2.23. The molecule has 0 spiro atoms. The molecule has 1 saturated heterocycles. The molecule has 1 unspecified atom stereocenters. The summed E-state index contributed by atoms with van der Waals surface area (Å²) >= 11 is 1.78. The maximum atomic E-state index is 10.5. The number of ether oxygens (including phenoxy) is 1. The van der Waals surface area contributed by atoms with E-state index in [1.807, 2.05) is 24.3 Å². The first-order valence-electron chi connectivity index (χ1n) is 9.35. The molecule has 3 rings (SSSR count). The van der Waals surface area contributed by atoms with Gasteiger partial charge < -0.3 is 25.0 Å². The minimum atomic E-state index is -0.652. The fourth-order valence-corrected chi connectivity index (χ4v) is 3.93. The van der Waals surface area contributed by atoms with Crippen molar-refractivity contribution in [2.75, 3.05) is 51.3 Å². The van der Waals surface area contributed by atoms with Crippen LogP contribution in [0.2, 0.25) is 0 Å². The molecule has 28 heavy (non-hydrogen) atoms. The molecule has 0 saturated carbocycles. The topological polar surface area (TPSA) is 60.3 Å². The molecule has 2 aromatic rings. The number of guanidine groups is 1. The van der Waals surface area contributed by atoms with Gasteiger partial charge in [-0.25, -0.2) is 0 Å². The van der Waals surface area contributed by atoms with Gasteiger partial charge >= 0.3 is 0 Å². The lowest BCUT2D eigenvalue weighted by molar-refractivity contribution is 0.186. The number of nitrogens with one attached hydrogen (secondary N) is 1. The third-order valence-electron chi connectivity index (χ3n) is 4.62. The van der Waals surface area contributed by atoms with Crippen molar-refractivity contribution in [2.24, 2.45) is 4.99 Å². The second-order valence-electron chi connectivity index (χ2n) is 6.41. The Morgan fingerprint density at radius 1 is 1.25 bits per heavy atom. The highest BCUT2D eigenvalue weighted by molar-refractivity contribution is 14.0. The lowest BCUT2D eigenvalue weighted by atomic mass is 10.1. The number of aliphatic hydroxyl groups is 1. The second-order valence-corrected chi connectivity index (χ2v) is 7.34. The highest BCUT2D eigenvalue weighted by Gasteiger charge is 2.20. The Morgan fingerprint density at radius 2 is 2.04 bits per heavy atom. The zero-order valence-corrected chi connectivity index (χ0v) is 19.5. The van der Waals surface area contributed by atoms with E-state index in [0.717, 1.165) is 50.0 Å². The molecule has 0 amide bonds. The number of nitrogens with zero attached hydrogens (tertiary/aromatic N) is 3.